The predicted octanol–water partition coefficient (Wildman–Crippen LogP) is 2.40. The van der Waals surface area contributed by atoms with E-state index in [4.69, 9.17) is 23.2 Å². The van der Waals surface area contributed by atoms with Crippen LogP contribution in [-0.2, 0) is 5.72 Å². The average Bonchev–Trinajstić information content (AvgIpc) is 2.68. The molecule has 102 valence electrons. The lowest BCUT2D eigenvalue weighted by molar-refractivity contribution is -0.0700. The molecule has 1 N–H and O–H groups in total. The number of fused-ring (bicyclic) bond motifs is 1. The zero-order chi connectivity index (χ0) is 13.6. The van der Waals surface area contributed by atoms with Crippen molar-refractivity contribution in [2.75, 3.05) is 26.1 Å². The molecule has 1 aromatic rings. The van der Waals surface area contributed by atoms with Crippen LogP contribution in [-0.4, -0.2) is 46.2 Å². The van der Waals surface area contributed by atoms with Gasteiger partial charge in [-0.05, 0) is 19.2 Å². The second-order valence-electron chi connectivity index (χ2n) is 4.74. The fourth-order valence-corrected chi connectivity index (χ4v) is 4.01. The van der Waals surface area contributed by atoms with Gasteiger partial charge in [0.15, 0.2) is 10.9 Å². The van der Waals surface area contributed by atoms with Crippen molar-refractivity contribution in [2.45, 2.75) is 5.72 Å². The third kappa shape index (κ3) is 2.23. The molecule has 1 atom stereocenters. The lowest BCUT2D eigenvalue weighted by Crippen LogP contribution is -2.51. The number of nitrogens with zero attached hydrogens (tertiary/aromatic N) is 3. The normalized spacial score (nSPS) is 27.4. The van der Waals surface area contributed by atoms with Gasteiger partial charge in [-0.15, -0.1) is 0 Å². The van der Waals surface area contributed by atoms with Gasteiger partial charge < -0.3 is 10.0 Å². The van der Waals surface area contributed by atoms with Crippen LogP contribution in [0.1, 0.15) is 5.56 Å². The summed E-state index contributed by atoms with van der Waals surface area (Å²) >= 11 is 13.7. The van der Waals surface area contributed by atoms with Gasteiger partial charge in [0.2, 0.25) is 0 Å². The molecule has 7 heteroatoms. The molecule has 4 nitrogen and oxygen atoms in total. The van der Waals surface area contributed by atoms with Crippen molar-refractivity contribution in [3.8, 4) is 0 Å². The first-order chi connectivity index (χ1) is 9.00. The molecule has 0 aromatic heterocycles. The Kier molecular flexibility index (Phi) is 3.43. The molecule has 3 rings (SSSR count). The summed E-state index contributed by atoms with van der Waals surface area (Å²) in [7, 11) is 1.97. The Morgan fingerprint density at radius 1 is 1.42 bits per heavy atom. The van der Waals surface area contributed by atoms with Crippen LogP contribution in [0.3, 0.4) is 0 Å². The molecule has 0 radical (unpaired) electrons. The summed E-state index contributed by atoms with van der Waals surface area (Å²) in [5.74, 6) is 0.515. The van der Waals surface area contributed by atoms with Crippen LogP contribution < -0.4 is 0 Å². The summed E-state index contributed by atoms with van der Waals surface area (Å²) in [6.45, 7) is 1.28. The standard InChI is InChI=1S/C12H13Cl2N3OS/c1-16-6-15-11-17(7-16)12(18,5-19-11)9-3-2-8(13)4-10(9)14/h2-4,18H,5-7H2,1H3. The van der Waals surface area contributed by atoms with E-state index in [0.717, 1.165) is 5.17 Å². The van der Waals surface area contributed by atoms with Crippen molar-refractivity contribution >= 4 is 40.1 Å². The van der Waals surface area contributed by atoms with Gasteiger partial charge in [0.25, 0.3) is 0 Å². The molecule has 0 aliphatic carbocycles. The maximum atomic E-state index is 11.0. The molecule has 1 fully saturated rings. The van der Waals surface area contributed by atoms with Crippen molar-refractivity contribution in [3.05, 3.63) is 33.8 Å². The van der Waals surface area contributed by atoms with Crippen LogP contribution in [0, 0.1) is 0 Å². The molecule has 0 bridgehead atoms. The average molecular weight is 318 g/mol. The second-order valence-corrected chi connectivity index (χ2v) is 6.52. The predicted molar refractivity (Wildman–Crippen MR) is 79.6 cm³/mol. The fraction of sp³-hybridized carbons (Fsp3) is 0.417. The summed E-state index contributed by atoms with van der Waals surface area (Å²) in [5, 5.41) is 12.9. The van der Waals surface area contributed by atoms with E-state index in [1.54, 1.807) is 30.0 Å². The lowest BCUT2D eigenvalue weighted by Gasteiger charge is -2.39. The second kappa shape index (κ2) is 4.82. The Hall–Kier alpha value is -0.460. The zero-order valence-electron chi connectivity index (χ0n) is 10.3. The van der Waals surface area contributed by atoms with Gasteiger partial charge >= 0.3 is 0 Å². The Morgan fingerprint density at radius 3 is 2.95 bits per heavy atom. The van der Waals surface area contributed by atoms with Crippen molar-refractivity contribution < 1.29 is 5.11 Å². The van der Waals surface area contributed by atoms with Crippen LogP contribution in [0.15, 0.2) is 23.2 Å². The van der Waals surface area contributed by atoms with Gasteiger partial charge in [-0.25, -0.2) is 4.99 Å². The molecule has 2 heterocycles. The van der Waals surface area contributed by atoms with Crippen LogP contribution in [0.4, 0.5) is 0 Å². The molecule has 0 spiro atoms. The van der Waals surface area contributed by atoms with Gasteiger partial charge in [0.1, 0.15) is 0 Å². The van der Waals surface area contributed by atoms with Crippen molar-refractivity contribution in [1.29, 1.82) is 0 Å². The van der Waals surface area contributed by atoms with E-state index in [0.29, 0.717) is 34.7 Å². The van der Waals surface area contributed by atoms with Gasteiger partial charge in [-0.1, -0.05) is 41.0 Å². The van der Waals surface area contributed by atoms with Gasteiger partial charge in [0, 0.05) is 10.6 Å². The van der Waals surface area contributed by atoms with Crippen LogP contribution in [0.25, 0.3) is 0 Å². The lowest BCUT2D eigenvalue weighted by atomic mass is 10.0. The van der Waals surface area contributed by atoms with Crippen LogP contribution in [0.2, 0.25) is 10.0 Å². The third-order valence-corrected chi connectivity index (χ3v) is 4.98. The number of benzene rings is 1. The van der Waals surface area contributed by atoms with Gasteiger partial charge in [0.05, 0.1) is 24.1 Å². The van der Waals surface area contributed by atoms with E-state index in [-0.39, 0.29) is 0 Å². The minimum absolute atomic E-state index is 0.477. The maximum absolute atomic E-state index is 11.0. The number of aliphatic hydroxyl groups is 1. The van der Waals surface area contributed by atoms with Crippen molar-refractivity contribution in [3.63, 3.8) is 0 Å². The quantitative estimate of drug-likeness (QED) is 0.863. The molecule has 19 heavy (non-hydrogen) atoms. The summed E-state index contributed by atoms with van der Waals surface area (Å²) in [6, 6.07) is 5.18. The highest BCUT2D eigenvalue weighted by atomic mass is 35.5. The Bertz CT molecular complexity index is 554. The van der Waals surface area contributed by atoms with E-state index in [1.807, 2.05) is 16.8 Å². The first-order valence-electron chi connectivity index (χ1n) is 5.82. The molecule has 1 unspecified atom stereocenters. The van der Waals surface area contributed by atoms with Gasteiger partial charge in [-0.3, -0.25) is 4.90 Å². The zero-order valence-corrected chi connectivity index (χ0v) is 12.6. The van der Waals surface area contributed by atoms with Crippen LogP contribution >= 0.6 is 35.0 Å². The topological polar surface area (TPSA) is 39.1 Å². The number of hydrogen-bond donors (Lipinski definition) is 1. The molecule has 0 saturated carbocycles. The third-order valence-electron chi connectivity index (χ3n) is 3.27. The fourth-order valence-electron chi connectivity index (χ4n) is 2.29. The SMILES string of the molecule is CN1CN=C2SCC(O)(c3ccc(Cl)cc3Cl)N2C1. The van der Waals surface area contributed by atoms with E-state index in [2.05, 4.69) is 4.99 Å². The van der Waals surface area contributed by atoms with E-state index >= 15 is 0 Å². The maximum Gasteiger partial charge on any atom is 0.178 e. The highest BCUT2D eigenvalue weighted by Gasteiger charge is 2.47. The molecular weight excluding hydrogens is 305 g/mol. The van der Waals surface area contributed by atoms with Crippen LogP contribution in [0.5, 0.6) is 0 Å². The van der Waals surface area contributed by atoms with E-state index < -0.39 is 5.72 Å². The van der Waals surface area contributed by atoms with Gasteiger partial charge in [-0.2, -0.15) is 0 Å². The van der Waals surface area contributed by atoms with E-state index in [9.17, 15) is 5.11 Å². The van der Waals surface area contributed by atoms with Crippen molar-refractivity contribution in [2.24, 2.45) is 4.99 Å². The minimum Gasteiger partial charge on any atom is -0.366 e. The smallest absolute Gasteiger partial charge is 0.178 e. The monoisotopic (exact) mass is 317 g/mol. The Labute approximate surface area is 126 Å². The summed E-state index contributed by atoms with van der Waals surface area (Å²) < 4.78 is 0. The molecule has 2 aliphatic rings. The number of halogens is 2. The van der Waals surface area contributed by atoms with E-state index in [1.165, 1.54) is 0 Å². The molecule has 1 saturated heterocycles. The number of rotatable bonds is 1. The molecular formula is C12H13Cl2N3OS. The largest absolute Gasteiger partial charge is 0.366 e. The highest BCUT2D eigenvalue weighted by Crippen LogP contribution is 2.43. The summed E-state index contributed by atoms with van der Waals surface area (Å²) in [6.07, 6.45) is 0. The number of thioether (sulfide) groups is 1. The number of amidine groups is 1. The summed E-state index contributed by atoms with van der Waals surface area (Å²) in [4.78, 5) is 8.36. The molecule has 2 aliphatic heterocycles. The summed E-state index contributed by atoms with van der Waals surface area (Å²) in [5.41, 5.74) is -0.452. The highest BCUT2D eigenvalue weighted by molar-refractivity contribution is 8.14. The number of aliphatic imine (C=N–C) groups is 1. The van der Waals surface area contributed by atoms with Crippen molar-refractivity contribution in [1.82, 2.24) is 9.80 Å². The molecule has 1 aromatic carbocycles. The number of hydrogen-bond acceptors (Lipinski definition) is 5. The first kappa shape index (κ1) is 13.5. The molecule has 0 amide bonds. The Morgan fingerprint density at radius 2 is 2.21 bits per heavy atom. The minimum atomic E-state index is -1.13. The first-order valence-corrected chi connectivity index (χ1v) is 7.56. The Balaban J connectivity index is 2.03.